The Morgan fingerprint density at radius 2 is 1.89 bits per heavy atom. The van der Waals surface area contributed by atoms with Crippen LogP contribution in [-0.2, 0) is 0 Å². The fraction of sp³-hybridized carbons (Fsp3) is 0.0500. The Kier molecular flexibility index (Phi) is 5.28. The Bertz CT molecular complexity index is 1080. The maximum atomic E-state index is 13.3. The van der Waals surface area contributed by atoms with Crippen molar-refractivity contribution in [2.75, 3.05) is 5.32 Å². The Morgan fingerprint density at radius 3 is 2.59 bits per heavy atom. The first-order valence-corrected chi connectivity index (χ1v) is 8.30. The van der Waals surface area contributed by atoms with Crippen LogP contribution in [0.3, 0.4) is 0 Å². The Hall–Kier alpha value is -3.12. The molecule has 5 nitrogen and oxygen atoms in total. The van der Waals surface area contributed by atoms with Gasteiger partial charge in [-0.25, -0.2) is 4.39 Å². The van der Waals surface area contributed by atoms with Crippen molar-refractivity contribution in [1.29, 1.82) is 0 Å². The lowest BCUT2D eigenvalue weighted by atomic mass is 10.1. The normalized spacial score (nSPS) is 10.5. The Balaban J connectivity index is 1.92. The van der Waals surface area contributed by atoms with Crippen LogP contribution in [0.5, 0.6) is 11.5 Å². The molecule has 1 aromatic heterocycles. The number of anilines is 1. The van der Waals surface area contributed by atoms with Crippen molar-refractivity contribution in [2.24, 2.45) is 0 Å². The SMILES string of the molecule is [CH2]n1ccc(NC(=O)c2cc(Cl)ccc2Oc2ccc(F)cc2C)cc1=O. The van der Waals surface area contributed by atoms with E-state index < -0.39 is 5.91 Å². The maximum absolute atomic E-state index is 13.3. The molecule has 1 heterocycles. The van der Waals surface area contributed by atoms with Crippen LogP contribution in [0.15, 0.2) is 59.5 Å². The summed E-state index contributed by atoms with van der Waals surface area (Å²) in [6, 6.07) is 11.5. The van der Waals surface area contributed by atoms with E-state index in [0.29, 0.717) is 22.0 Å². The first-order chi connectivity index (χ1) is 12.8. The van der Waals surface area contributed by atoms with Gasteiger partial charge in [0.25, 0.3) is 11.5 Å². The molecule has 0 fully saturated rings. The Labute approximate surface area is 160 Å². The zero-order valence-corrected chi connectivity index (χ0v) is 15.1. The Morgan fingerprint density at radius 1 is 1.15 bits per heavy atom. The summed E-state index contributed by atoms with van der Waals surface area (Å²) in [5, 5.41) is 2.97. The summed E-state index contributed by atoms with van der Waals surface area (Å²) in [6.07, 6.45) is 1.44. The van der Waals surface area contributed by atoms with E-state index in [1.807, 2.05) is 0 Å². The minimum absolute atomic E-state index is 0.171. The second-order valence-electron chi connectivity index (χ2n) is 5.83. The summed E-state index contributed by atoms with van der Waals surface area (Å²) in [4.78, 5) is 24.3. The highest BCUT2D eigenvalue weighted by Gasteiger charge is 2.16. The molecular weight excluding hydrogens is 371 g/mol. The summed E-state index contributed by atoms with van der Waals surface area (Å²) in [5.74, 6) is -0.230. The van der Waals surface area contributed by atoms with E-state index in [1.165, 1.54) is 36.5 Å². The van der Waals surface area contributed by atoms with Gasteiger partial charge in [0, 0.05) is 30.0 Å². The number of amides is 1. The molecule has 2 aromatic carbocycles. The average Bonchev–Trinajstić information content (AvgIpc) is 2.62. The molecule has 3 rings (SSSR count). The van der Waals surface area contributed by atoms with Gasteiger partial charge in [-0.2, -0.15) is 0 Å². The van der Waals surface area contributed by atoms with Crippen LogP contribution < -0.4 is 15.6 Å². The second-order valence-corrected chi connectivity index (χ2v) is 6.27. The van der Waals surface area contributed by atoms with Crippen LogP contribution in [0.4, 0.5) is 10.1 Å². The molecule has 0 aliphatic heterocycles. The van der Waals surface area contributed by atoms with E-state index in [9.17, 15) is 14.0 Å². The van der Waals surface area contributed by atoms with Crippen molar-refractivity contribution in [3.05, 3.63) is 94.1 Å². The third-order valence-electron chi connectivity index (χ3n) is 3.80. The van der Waals surface area contributed by atoms with Crippen LogP contribution in [0.1, 0.15) is 15.9 Å². The van der Waals surface area contributed by atoms with Crippen LogP contribution in [0.25, 0.3) is 0 Å². The van der Waals surface area contributed by atoms with Gasteiger partial charge in [0.15, 0.2) is 0 Å². The minimum atomic E-state index is -0.506. The van der Waals surface area contributed by atoms with Gasteiger partial charge in [-0.1, -0.05) is 11.6 Å². The monoisotopic (exact) mass is 385 g/mol. The predicted molar refractivity (Wildman–Crippen MR) is 102 cm³/mol. The third kappa shape index (κ3) is 4.35. The second kappa shape index (κ2) is 7.63. The number of carbonyl (C=O) groups excluding carboxylic acids is 1. The topological polar surface area (TPSA) is 60.3 Å². The fourth-order valence-corrected chi connectivity index (χ4v) is 2.57. The third-order valence-corrected chi connectivity index (χ3v) is 4.03. The van der Waals surface area contributed by atoms with Gasteiger partial charge in [0.05, 0.1) is 5.56 Å². The number of rotatable bonds is 4. The summed E-state index contributed by atoms with van der Waals surface area (Å²) in [5.41, 5.74) is 0.700. The van der Waals surface area contributed by atoms with Gasteiger partial charge in [0.2, 0.25) is 0 Å². The number of ether oxygens (including phenoxy) is 1. The average molecular weight is 386 g/mol. The zero-order chi connectivity index (χ0) is 19.6. The predicted octanol–water partition coefficient (Wildman–Crippen LogP) is 4.63. The van der Waals surface area contributed by atoms with E-state index in [0.717, 1.165) is 4.57 Å². The highest BCUT2D eigenvalue weighted by Crippen LogP contribution is 2.30. The number of benzene rings is 2. The van der Waals surface area contributed by atoms with E-state index in [1.54, 1.807) is 25.1 Å². The van der Waals surface area contributed by atoms with E-state index >= 15 is 0 Å². The summed E-state index contributed by atoms with van der Waals surface area (Å²) < 4.78 is 20.2. The van der Waals surface area contributed by atoms with Crippen LogP contribution >= 0.6 is 11.6 Å². The first-order valence-electron chi connectivity index (χ1n) is 7.92. The fourth-order valence-electron chi connectivity index (χ4n) is 2.40. The number of pyridine rings is 1. The largest absolute Gasteiger partial charge is 0.456 e. The summed E-state index contributed by atoms with van der Waals surface area (Å²) in [6.45, 7) is 1.70. The molecule has 1 radical (unpaired) electrons. The molecule has 0 unspecified atom stereocenters. The lowest BCUT2D eigenvalue weighted by molar-refractivity contribution is 0.102. The van der Waals surface area contributed by atoms with Crippen molar-refractivity contribution >= 4 is 23.2 Å². The van der Waals surface area contributed by atoms with Crippen molar-refractivity contribution in [3.8, 4) is 11.5 Å². The smallest absolute Gasteiger partial charge is 0.259 e. The molecule has 0 aliphatic rings. The lowest BCUT2D eigenvalue weighted by Crippen LogP contribution is -2.18. The minimum Gasteiger partial charge on any atom is -0.456 e. The van der Waals surface area contributed by atoms with Crippen LogP contribution in [-0.4, -0.2) is 10.5 Å². The van der Waals surface area contributed by atoms with Gasteiger partial charge >= 0.3 is 0 Å². The van der Waals surface area contributed by atoms with Crippen molar-refractivity contribution in [1.82, 2.24) is 4.57 Å². The number of nitrogens with one attached hydrogen (secondary N) is 1. The number of hydrogen-bond acceptors (Lipinski definition) is 3. The van der Waals surface area contributed by atoms with Crippen LogP contribution in [0.2, 0.25) is 5.02 Å². The van der Waals surface area contributed by atoms with E-state index in [2.05, 4.69) is 12.4 Å². The van der Waals surface area contributed by atoms with Gasteiger partial charge in [0.1, 0.15) is 17.3 Å². The van der Waals surface area contributed by atoms with Crippen LogP contribution in [0, 0.1) is 19.8 Å². The number of carbonyl (C=O) groups is 1. The summed E-state index contributed by atoms with van der Waals surface area (Å²) >= 11 is 6.02. The molecule has 27 heavy (non-hydrogen) atoms. The first kappa shape index (κ1) is 18.7. The maximum Gasteiger partial charge on any atom is 0.259 e. The molecule has 1 N–H and O–H groups in total. The lowest BCUT2D eigenvalue weighted by Gasteiger charge is -2.13. The highest BCUT2D eigenvalue weighted by molar-refractivity contribution is 6.31. The molecule has 0 saturated carbocycles. The molecule has 0 spiro atoms. The van der Waals surface area contributed by atoms with Crippen molar-refractivity contribution < 1.29 is 13.9 Å². The molecule has 0 bridgehead atoms. The van der Waals surface area contributed by atoms with E-state index in [4.69, 9.17) is 16.3 Å². The molecule has 1 amide bonds. The van der Waals surface area contributed by atoms with Crippen molar-refractivity contribution in [2.45, 2.75) is 6.92 Å². The van der Waals surface area contributed by atoms with Gasteiger partial charge in [-0.3, -0.25) is 9.59 Å². The van der Waals surface area contributed by atoms with Crippen molar-refractivity contribution in [3.63, 3.8) is 0 Å². The molecule has 0 saturated heterocycles. The number of hydrogen-bond donors (Lipinski definition) is 1. The molecule has 3 aromatic rings. The molecular formula is C20H15ClFN2O3. The van der Waals surface area contributed by atoms with Gasteiger partial charge < -0.3 is 14.6 Å². The number of aromatic nitrogens is 1. The summed E-state index contributed by atoms with van der Waals surface area (Å²) in [7, 11) is 3.51. The molecule has 0 atom stereocenters. The zero-order valence-electron chi connectivity index (χ0n) is 14.3. The number of nitrogens with zero attached hydrogens (tertiary/aromatic N) is 1. The molecule has 7 heteroatoms. The highest BCUT2D eigenvalue weighted by atomic mass is 35.5. The molecule has 0 aliphatic carbocycles. The van der Waals surface area contributed by atoms with Gasteiger partial charge in [-0.15, -0.1) is 0 Å². The number of halogens is 2. The standard InChI is InChI=1S/C20H15ClFN2O3/c1-12-9-14(22)4-6-17(12)27-18-5-3-13(21)10-16(18)20(26)23-15-7-8-24(2)19(25)11-15/h3-11H,2H2,1H3,(H,23,26). The number of aryl methyl sites for hydroxylation is 1. The van der Waals surface area contributed by atoms with Gasteiger partial charge in [-0.05, 0) is 55.0 Å². The van der Waals surface area contributed by atoms with E-state index in [-0.39, 0.29) is 22.7 Å². The quantitative estimate of drug-likeness (QED) is 0.712. The molecule has 137 valence electrons.